The number of urea groups is 1. The zero-order valence-electron chi connectivity index (χ0n) is 9.46. The number of likely N-dealkylation sites (tertiary alicyclic amines) is 1. The fourth-order valence-corrected chi connectivity index (χ4v) is 2.10. The molecule has 0 bridgehead atoms. The zero-order chi connectivity index (χ0) is 10.7. The first-order chi connectivity index (χ1) is 7.29. The third kappa shape index (κ3) is 3.09. The molecule has 0 radical (unpaired) electrons. The van der Waals surface area contributed by atoms with Crippen LogP contribution < -0.4 is 10.6 Å². The van der Waals surface area contributed by atoms with Gasteiger partial charge < -0.3 is 15.5 Å². The quantitative estimate of drug-likeness (QED) is 0.725. The van der Waals surface area contributed by atoms with E-state index in [2.05, 4.69) is 10.6 Å². The summed E-state index contributed by atoms with van der Waals surface area (Å²) < 4.78 is 0. The molecule has 0 aromatic carbocycles. The Bertz CT molecular complexity index is 220. The van der Waals surface area contributed by atoms with Crippen molar-refractivity contribution in [3.8, 4) is 0 Å². The number of amides is 2. The van der Waals surface area contributed by atoms with Gasteiger partial charge in [-0.25, -0.2) is 4.79 Å². The molecule has 0 aromatic heterocycles. The van der Waals surface area contributed by atoms with Crippen LogP contribution >= 0.6 is 0 Å². The van der Waals surface area contributed by atoms with Crippen LogP contribution in [-0.4, -0.2) is 43.7 Å². The fourth-order valence-electron chi connectivity index (χ4n) is 2.10. The van der Waals surface area contributed by atoms with E-state index in [9.17, 15) is 4.79 Å². The smallest absolute Gasteiger partial charge is 0.317 e. The lowest BCUT2D eigenvalue weighted by Crippen LogP contribution is -2.47. The second kappa shape index (κ2) is 4.84. The molecular formula is C11H21N3O. The molecule has 1 aliphatic heterocycles. The summed E-state index contributed by atoms with van der Waals surface area (Å²) in [6.07, 6.45) is 5.01. The van der Waals surface area contributed by atoms with Crippen LogP contribution in [0.3, 0.4) is 0 Å². The minimum absolute atomic E-state index is 0.0654. The summed E-state index contributed by atoms with van der Waals surface area (Å²) in [7, 11) is 1.69. The van der Waals surface area contributed by atoms with E-state index in [4.69, 9.17) is 0 Å². The summed E-state index contributed by atoms with van der Waals surface area (Å²) in [6, 6.07) is 0.696. The number of carbonyl (C=O) groups is 1. The van der Waals surface area contributed by atoms with Crippen molar-refractivity contribution in [2.75, 3.05) is 26.7 Å². The van der Waals surface area contributed by atoms with Gasteiger partial charge in [-0.05, 0) is 38.1 Å². The van der Waals surface area contributed by atoms with E-state index in [0.29, 0.717) is 6.04 Å². The molecule has 2 amide bonds. The molecule has 0 spiro atoms. The molecule has 1 heterocycles. The first-order valence-corrected chi connectivity index (χ1v) is 5.99. The van der Waals surface area contributed by atoms with Crippen LogP contribution in [0.1, 0.15) is 25.7 Å². The van der Waals surface area contributed by atoms with Gasteiger partial charge in [0.05, 0.1) is 0 Å². The first kappa shape index (κ1) is 10.7. The Morgan fingerprint density at radius 1 is 1.27 bits per heavy atom. The van der Waals surface area contributed by atoms with E-state index in [-0.39, 0.29) is 6.03 Å². The largest absolute Gasteiger partial charge is 0.341 e. The Morgan fingerprint density at radius 2 is 1.93 bits per heavy atom. The van der Waals surface area contributed by atoms with Crippen LogP contribution in [0.4, 0.5) is 4.79 Å². The Hall–Kier alpha value is -0.770. The number of nitrogens with one attached hydrogen (secondary N) is 2. The maximum atomic E-state index is 11.3. The highest BCUT2D eigenvalue weighted by atomic mass is 16.2. The van der Waals surface area contributed by atoms with Gasteiger partial charge in [-0.3, -0.25) is 0 Å². The summed E-state index contributed by atoms with van der Waals surface area (Å²) in [5.74, 6) is 0.946. The highest BCUT2D eigenvalue weighted by Crippen LogP contribution is 2.28. The first-order valence-electron chi connectivity index (χ1n) is 5.99. The Kier molecular flexibility index (Phi) is 3.46. The van der Waals surface area contributed by atoms with Gasteiger partial charge in [-0.2, -0.15) is 0 Å². The van der Waals surface area contributed by atoms with E-state index in [1.54, 1.807) is 7.05 Å². The predicted molar refractivity (Wildman–Crippen MR) is 59.8 cm³/mol. The summed E-state index contributed by atoms with van der Waals surface area (Å²) in [6.45, 7) is 2.97. The van der Waals surface area contributed by atoms with E-state index in [1.165, 1.54) is 19.4 Å². The monoisotopic (exact) mass is 211 g/mol. The van der Waals surface area contributed by atoms with Crippen molar-refractivity contribution in [3.05, 3.63) is 0 Å². The van der Waals surface area contributed by atoms with Gasteiger partial charge in [0.15, 0.2) is 0 Å². The SMILES string of the molecule is CNC(=O)N1CCC(NCC2CC2)CC1. The molecule has 0 unspecified atom stereocenters. The number of carbonyl (C=O) groups excluding carboxylic acids is 1. The second-order valence-corrected chi connectivity index (χ2v) is 4.67. The Labute approximate surface area is 91.4 Å². The van der Waals surface area contributed by atoms with Crippen LogP contribution in [0.25, 0.3) is 0 Å². The summed E-state index contributed by atoms with van der Waals surface area (Å²) in [4.78, 5) is 13.2. The molecular weight excluding hydrogens is 190 g/mol. The molecule has 1 saturated heterocycles. The van der Waals surface area contributed by atoms with Crippen molar-refractivity contribution >= 4 is 6.03 Å². The zero-order valence-corrected chi connectivity index (χ0v) is 9.46. The van der Waals surface area contributed by atoms with Crippen molar-refractivity contribution < 1.29 is 4.79 Å². The van der Waals surface area contributed by atoms with Gasteiger partial charge in [-0.15, -0.1) is 0 Å². The number of hydrogen-bond donors (Lipinski definition) is 2. The molecule has 2 aliphatic rings. The maximum Gasteiger partial charge on any atom is 0.317 e. The maximum absolute atomic E-state index is 11.3. The molecule has 86 valence electrons. The molecule has 2 N–H and O–H groups in total. The van der Waals surface area contributed by atoms with Crippen LogP contribution in [0, 0.1) is 5.92 Å². The van der Waals surface area contributed by atoms with E-state index in [0.717, 1.165) is 31.8 Å². The predicted octanol–water partition coefficient (Wildman–Crippen LogP) is 0.790. The van der Waals surface area contributed by atoms with Crippen LogP contribution in [-0.2, 0) is 0 Å². The van der Waals surface area contributed by atoms with Crippen LogP contribution in [0.2, 0.25) is 0 Å². The highest BCUT2D eigenvalue weighted by molar-refractivity contribution is 5.73. The minimum Gasteiger partial charge on any atom is -0.341 e. The standard InChI is InChI=1S/C11H21N3O/c1-12-11(15)14-6-4-10(5-7-14)13-8-9-2-3-9/h9-10,13H,2-8H2,1H3,(H,12,15). The van der Waals surface area contributed by atoms with Crippen LogP contribution in [0.15, 0.2) is 0 Å². The Balaban J connectivity index is 1.64. The third-order valence-electron chi connectivity index (χ3n) is 3.39. The Morgan fingerprint density at radius 3 is 2.47 bits per heavy atom. The van der Waals surface area contributed by atoms with Gasteiger partial charge in [0.1, 0.15) is 0 Å². The van der Waals surface area contributed by atoms with Gasteiger partial charge in [0.2, 0.25) is 0 Å². The minimum atomic E-state index is 0.0654. The van der Waals surface area contributed by atoms with Gasteiger partial charge in [0, 0.05) is 26.2 Å². The molecule has 2 fully saturated rings. The second-order valence-electron chi connectivity index (χ2n) is 4.67. The van der Waals surface area contributed by atoms with Gasteiger partial charge >= 0.3 is 6.03 Å². The molecule has 15 heavy (non-hydrogen) atoms. The van der Waals surface area contributed by atoms with Crippen LogP contribution in [0.5, 0.6) is 0 Å². The molecule has 1 saturated carbocycles. The topological polar surface area (TPSA) is 44.4 Å². The van der Waals surface area contributed by atoms with Crippen molar-refractivity contribution in [1.29, 1.82) is 0 Å². The number of rotatable bonds is 3. The van der Waals surface area contributed by atoms with Crippen molar-refractivity contribution in [2.24, 2.45) is 5.92 Å². The summed E-state index contributed by atoms with van der Waals surface area (Å²) in [5, 5.41) is 6.28. The average Bonchev–Trinajstić information content (AvgIpc) is 3.10. The fraction of sp³-hybridized carbons (Fsp3) is 0.909. The number of nitrogens with zero attached hydrogens (tertiary/aromatic N) is 1. The normalized spacial score (nSPS) is 22.9. The van der Waals surface area contributed by atoms with E-state index >= 15 is 0 Å². The summed E-state index contributed by atoms with van der Waals surface area (Å²) >= 11 is 0. The van der Waals surface area contributed by atoms with Crippen molar-refractivity contribution in [1.82, 2.24) is 15.5 Å². The van der Waals surface area contributed by atoms with Gasteiger partial charge in [-0.1, -0.05) is 0 Å². The molecule has 2 rings (SSSR count). The summed E-state index contributed by atoms with van der Waals surface area (Å²) in [5.41, 5.74) is 0. The average molecular weight is 211 g/mol. The van der Waals surface area contributed by atoms with Crippen molar-refractivity contribution in [3.63, 3.8) is 0 Å². The molecule has 0 atom stereocenters. The van der Waals surface area contributed by atoms with Crippen molar-refractivity contribution in [2.45, 2.75) is 31.7 Å². The molecule has 4 heteroatoms. The number of hydrogen-bond acceptors (Lipinski definition) is 2. The number of piperidine rings is 1. The molecule has 0 aromatic rings. The lowest BCUT2D eigenvalue weighted by molar-refractivity contribution is 0.178. The third-order valence-corrected chi connectivity index (χ3v) is 3.39. The van der Waals surface area contributed by atoms with E-state index < -0.39 is 0 Å². The molecule has 1 aliphatic carbocycles. The van der Waals surface area contributed by atoms with Gasteiger partial charge in [0.25, 0.3) is 0 Å². The lowest BCUT2D eigenvalue weighted by atomic mass is 10.1. The highest BCUT2D eigenvalue weighted by Gasteiger charge is 2.25. The lowest BCUT2D eigenvalue weighted by Gasteiger charge is -2.32. The molecule has 4 nitrogen and oxygen atoms in total. The van der Waals surface area contributed by atoms with E-state index in [1.807, 2.05) is 4.90 Å².